The number of hydrogen-bond donors (Lipinski definition) is 1. The van der Waals surface area contributed by atoms with Gasteiger partial charge in [0.15, 0.2) is 0 Å². The van der Waals surface area contributed by atoms with E-state index in [2.05, 4.69) is 10.3 Å². The minimum Gasteiger partial charge on any atom is -0.489 e. The number of hydrogen-bond acceptors (Lipinski definition) is 4. The van der Waals surface area contributed by atoms with Gasteiger partial charge in [-0.15, -0.1) is 0 Å². The lowest BCUT2D eigenvalue weighted by Gasteiger charge is -2.15. The first-order chi connectivity index (χ1) is 15.8. The Morgan fingerprint density at radius 2 is 1.82 bits per heavy atom. The van der Waals surface area contributed by atoms with E-state index in [1.807, 2.05) is 6.07 Å². The fraction of sp³-hybridized carbons (Fsp3) is 0.0800. The number of para-hydroxylation sites is 1. The fourth-order valence-corrected chi connectivity index (χ4v) is 3.38. The summed E-state index contributed by atoms with van der Waals surface area (Å²) < 4.78 is 47.1. The number of amides is 1. The zero-order valence-electron chi connectivity index (χ0n) is 17.1. The molecule has 1 heterocycles. The predicted octanol–water partition coefficient (Wildman–Crippen LogP) is 5.96. The summed E-state index contributed by atoms with van der Waals surface area (Å²) in [6, 6.07) is 21.1. The van der Waals surface area contributed by atoms with Crippen molar-refractivity contribution in [3.05, 3.63) is 101 Å². The standard InChI is InChI=1S/C25H16F3N3O2/c26-25(27,28)23-20-9-1-2-10-22(20)30-14-21(23)24(32)31-18-7-4-8-19(12-18)33-15-17-6-3-5-16(11-17)13-29/h1-12,14H,15H2,(H,31,32). The van der Waals surface area contributed by atoms with Gasteiger partial charge in [0.25, 0.3) is 5.91 Å². The van der Waals surface area contributed by atoms with Gasteiger partial charge in [0.05, 0.1) is 28.3 Å². The SMILES string of the molecule is N#Cc1cccc(COc2cccc(NC(=O)c3cnc4ccccc4c3C(F)(F)F)c2)c1. The monoisotopic (exact) mass is 447 g/mol. The smallest absolute Gasteiger partial charge is 0.417 e. The van der Waals surface area contributed by atoms with E-state index in [-0.39, 0.29) is 23.2 Å². The second-order valence-corrected chi connectivity index (χ2v) is 7.14. The van der Waals surface area contributed by atoms with Gasteiger partial charge in [-0.05, 0) is 35.9 Å². The molecule has 4 aromatic rings. The summed E-state index contributed by atoms with van der Waals surface area (Å²) in [5.74, 6) is -0.526. The number of alkyl halides is 3. The molecule has 33 heavy (non-hydrogen) atoms. The van der Waals surface area contributed by atoms with Gasteiger partial charge in [-0.2, -0.15) is 18.4 Å². The first-order valence-corrected chi connectivity index (χ1v) is 9.83. The Morgan fingerprint density at radius 3 is 2.61 bits per heavy atom. The third-order valence-corrected chi connectivity index (χ3v) is 4.86. The van der Waals surface area contributed by atoms with E-state index in [1.165, 1.54) is 24.3 Å². The number of rotatable bonds is 5. The van der Waals surface area contributed by atoms with Gasteiger partial charge < -0.3 is 10.1 Å². The molecule has 0 aliphatic heterocycles. The van der Waals surface area contributed by atoms with Gasteiger partial charge in [-0.25, -0.2) is 0 Å². The molecule has 0 atom stereocenters. The van der Waals surface area contributed by atoms with E-state index in [0.717, 1.165) is 11.8 Å². The molecule has 0 aliphatic carbocycles. The van der Waals surface area contributed by atoms with Crippen molar-refractivity contribution in [3.8, 4) is 11.8 Å². The van der Waals surface area contributed by atoms with Crippen molar-refractivity contribution in [1.82, 2.24) is 4.98 Å². The predicted molar refractivity (Wildman–Crippen MR) is 117 cm³/mol. The molecule has 0 fully saturated rings. The molecule has 1 amide bonds. The van der Waals surface area contributed by atoms with Crippen molar-refractivity contribution in [2.45, 2.75) is 12.8 Å². The molecule has 5 nitrogen and oxygen atoms in total. The Morgan fingerprint density at radius 1 is 1.03 bits per heavy atom. The number of anilines is 1. The van der Waals surface area contributed by atoms with E-state index in [9.17, 15) is 18.0 Å². The number of carbonyl (C=O) groups excluding carboxylic acids is 1. The maximum Gasteiger partial charge on any atom is 0.417 e. The molecule has 1 N–H and O–H groups in total. The summed E-state index contributed by atoms with van der Waals surface area (Å²) in [6.45, 7) is 0.180. The van der Waals surface area contributed by atoms with Crippen LogP contribution in [0.4, 0.5) is 18.9 Å². The lowest BCUT2D eigenvalue weighted by Crippen LogP contribution is -2.19. The first-order valence-electron chi connectivity index (χ1n) is 9.83. The number of nitrogens with zero attached hydrogens (tertiary/aromatic N) is 2. The largest absolute Gasteiger partial charge is 0.489 e. The molecule has 0 unspecified atom stereocenters. The van der Waals surface area contributed by atoms with Crippen LogP contribution >= 0.6 is 0 Å². The van der Waals surface area contributed by atoms with Crippen molar-refractivity contribution >= 4 is 22.5 Å². The highest BCUT2D eigenvalue weighted by molar-refractivity contribution is 6.07. The Balaban J connectivity index is 1.56. The van der Waals surface area contributed by atoms with E-state index in [0.29, 0.717) is 11.3 Å². The number of aromatic nitrogens is 1. The van der Waals surface area contributed by atoms with Crippen molar-refractivity contribution in [1.29, 1.82) is 5.26 Å². The summed E-state index contributed by atoms with van der Waals surface area (Å²) in [6.07, 6.45) is -3.80. The quantitative estimate of drug-likeness (QED) is 0.410. The number of ether oxygens (including phenoxy) is 1. The van der Waals surface area contributed by atoms with Crippen LogP contribution in [0.5, 0.6) is 5.75 Å². The molecule has 0 aliphatic rings. The molecule has 1 aromatic heterocycles. The molecule has 164 valence electrons. The molecule has 0 spiro atoms. The number of pyridine rings is 1. The van der Waals surface area contributed by atoms with Crippen LogP contribution in [-0.2, 0) is 12.8 Å². The minimum atomic E-state index is -4.74. The van der Waals surface area contributed by atoms with Crippen molar-refractivity contribution < 1.29 is 22.7 Å². The number of nitrogens with one attached hydrogen (secondary N) is 1. The van der Waals surface area contributed by atoms with Gasteiger partial charge in [0, 0.05) is 23.3 Å². The maximum atomic E-state index is 13.8. The third kappa shape index (κ3) is 4.93. The Labute approximate surface area is 187 Å². The summed E-state index contributed by atoms with van der Waals surface area (Å²) in [5, 5.41) is 11.3. The topological polar surface area (TPSA) is 75.0 Å². The highest BCUT2D eigenvalue weighted by Gasteiger charge is 2.37. The normalized spacial score (nSPS) is 11.1. The summed E-state index contributed by atoms with van der Waals surface area (Å²) in [4.78, 5) is 16.8. The van der Waals surface area contributed by atoms with Crippen molar-refractivity contribution in [3.63, 3.8) is 0 Å². The number of fused-ring (bicyclic) bond motifs is 1. The number of nitriles is 1. The van der Waals surface area contributed by atoms with Crippen LogP contribution in [0.2, 0.25) is 0 Å². The first kappa shape index (κ1) is 21.8. The van der Waals surface area contributed by atoms with Crippen molar-refractivity contribution in [2.24, 2.45) is 0 Å². The van der Waals surface area contributed by atoms with Crippen LogP contribution in [0, 0.1) is 11.3 Å². The second-order valence-electron chi connectivity index (χ2n) is 7.14. The van der Waals surface area contributed by atoms with Gasteiger partial charge in [-0.3, -0.25) is 9.78 Å². The maximum absolute atomic E-state index is 13.8. The van der Waals surface area contributed by atoms with Gasteiger partial charge in [0.1, 0.15) is 12.4 Å². The molecular weight excluding hydrogens is 431 g/mol. The number of benzene rings is 3. The summed E-state index contributed by atoms with van der Waals surface area (Å²) >= 11 is 0. The highest BCUT2D eigenvalue weighted by atomic mass is 19.4. The van der Waals surface area contributed by atoms with Crippen LogP contribution in [0.3, 0.4) is 0 Å². The summed E-state index contributed by atoms with van der Waals surface area (Å²) in [5.41, 5.74) is 0.0974. The molecule has 3 aromatic carbocycles. The Hall–Kier alpha value is -4.38. The second kappa shape index (κ2) is 9.01. The van der Waals surface area contributed by atoms with Crippen LogP contribution in [-0.4, -0.2) is 10.9 Å². The molecule has 0 saturated carbocycles. The molecule has 8 heteroatoms. The van der Waals surface area contributed by atoms with Crippen molar-refractivity contribution in [2.75, 3.05) is 5.32 Å². The lowest BCUT2D eigenvalue weighted by molar-refractivity contribution is -0.136. The van der Waals surface area contributed by atoms with E-state index in [1.54, 1.807) is 48.5 Å². The highest BCUT2D eigenvalue weighted by Crippen LogP contribution is 2.37. The van der Waals surface area contributed by atoms with Crippen LogP contribution in [0.1, 0.15) is 27.0 Å². The average molecular weight is 447 g/mol. The molecule has 0 bridgehead atoms. The number of halogens is 3. The molecule has 0 saturated heterocycles. The number of carbonyl (C=O) groups is 1. The average Bonchev–Trinajstić information content (AvgIpc) is 2.81. The molecule has 4 rings (SSSR count). The van der Waals surface area contributed by atoms with Gasteiger partial charge in [0.2, 0.25) is 0 Å². The zero-order valence-corrected chi connectivity index (χ0v) is 17.1. The summed E-state index contributed by atoms with van der Waals surface area (Å²) in [7, 11) is 0. The zero-order chi connectivity index (χ0) is 23.4. The Bertz CT molecular complexity index is 1380. The third-order valence-electron chi connectivity index (χ3n) is 4.86. The fourth-order valence-electron chi connectivity index (χ4n) is 3.38. The molecule has 0 radical (unpaired) electrons. The van der Waals surface area contributed by atoms with E-state index in [4.69, 9.17) is 10.00 Å². The molecular formula is C25H16F3N3O2. The van der Waals surface area contributed by atoms with Gasteiger partial charge in [-0.1, -0.05) is 36.4 Å². The van der Waals surface area contributed by atoms with E-state index >= 15 is 0 Å². The minimum absolute atomic E-state index is 0.144. The van der Waals surface area contributed by atoms with Crippen LogP contribution < -0.4 is 10.1 Å². The lowest BCUT2D eigenvalue weighted by atomic mass is 10.0. The van der Waals surface area contributed by atoms with E-state index < -0.39 is 23.2 Å². The van der Waals surface area contributed by atoms with Crippen LogP contribution in [0.25, 0.3) is 10.9 Å². The van der Waals surface area contributed by atoms with Gasteiger partial charge >= 0.3 is 6.18 Å². The van der Waals surface area contributed by atoms with Crippen LogP contribution in [0.15, 0.2) is 79.0 Å². The Kier molecular flexibility index (Phi) is 5.96.